The van der Waals surface area contributed by atoms with Gasteiger partial charge < -0.3 is 19.9 Å². The quantitative estimate of drug-likeness (QED) is 0.753. The zero-order valence-electron chi connectivity index (χ0n) is 11.5. The van der Waals surface area contributed by atoms with E-state index in [1.165, 1.54) is 18.7 Å². The van der Waals surface area contributed by atoms with E-state index in [4.69, 9.17) is 14.6 Å². The number of carbonyl (C=O) groups is 1. The number of methoxy groups -OCH3 is 1. The zero-order valence-corrected chi connectivity index (χ0v) is 11.5. The third-order valence-electron chi connectivity index (χ3n) is 3.08. The maximum atomic E-state index is 11.7. The third-order valence-corrected chi connectivity index (χ3v) is 3.08. The molecule has 1 heterocycles. The van der Waals surface area contributed by atoms with Gasteiger partial charge in [-0.2, -0.15) is 0 Å². The summed E-state index contributed by atoms with van der Waals surface area (Å²) < 4.78 is 10.3. The summed E-state index contributed by atoms with van der Waals surface area (Å²) in [5, 5.41) is 11.7. The van der Waals surface area contributed by atoms with Crippen LogP contribution >= 0.6 is 0 Å². The number of hydrogen-bond acceptors (Lipinski definition) is 4. The lowest BCUT2D eigenvalue weighted by Gasteiger charge is -2.13. The molecule has 5 heteroatoms. The van der Waals surface area contributed by atoms with Crippen molar-refractivity contribution in [3.05, 3.63) is 35.4 Å². The number of ether oxygens (including phenoxy) is 2. The number of fused-ring (bicyclic) bond motifs is 1. The Morgan fingerprint density at radius 3 is 3.20 bits per heavy atom. The molecule has 0 fully saturated rings. The standard InChI is InChI=1S/C15H19NO4/c1-19-10-13(9-17)16-15(18)5-3-11-2-4-14-12(8-11)6-7-20-14/h2-5,8,13,17H,6-7,9-10H2,1H3,(H,16,18)/b5-3+. The highest BCUT2D eigenvalue weighted by Gasteiger charge is 2.11. The van der Waals surface area contributed by atoms with E-state index in [0.29, 0.717) is 0 Å². The van der Waals surface area contributed by atoms with Crippen LogP contribution in [0.5, 0.6) is 5.75 Å². The van der Waals surface area contributed by atoms with Crippen LogP contribution in [-0.4, -0.2) is 44.0 Å². The maximum Gasteiger partial charge on any atom is 0.244 e. The molecule has 1 atom stereocenters. The van der Waals surface area contributed by atoms with Gasteiger partial charge in [0.25, 0.3) is 0 Å². The highest BCUT2D eigenvalue weighted by molar-refractivity contribution is 5.92. The first-order valence-corrected chi connectivity index (χ1v) is 6.57. The van der Waals surface area contributed by atoms with E-state index >= 15 is 0 Å². The molecule has 0 radical (unpaired) electrons. The molecular formula is C15H19NO4. The van der Waals surface area contributed by atoms with Gasteiger partial charge in [0.1, 0.15) is 5.75 Å². The monoisotopic (exact) mass is 277 g/mol. The summed E-state index contributed by atoms with van der Waals surface area (Å²) in [5.74, 6) is 0.671. The maximum absolute atomic E-state index is 11.7. The number of hydrogen-bond donors (Lipinski definition) is 2. The number of carbonyl (C=O) groups excluding carboxylic acids is 1. The van der Waals surface area contributed by atoms with Crippen LogP contribution in [0.1, 0.15) is 11.1 Å². The average molecular weight is 277 g/mol. The fraction of sp³-hybridized carbons (Fsp3) is 0.400. The second kappa shape index (κ2) is 7.07. The predicted molar refractivity (Wildman–Crippen MR) is 75.6 cm³/mol. The molecule has 2 rings (SSSR count). The number of rotatable bonds is 6. The number of benzene rings is 1. The van der Waals surface area contributed by atoms with Crippen molar-refractivity contribution in [2.45, 2.75) is 12.5 Å². The van der Waals surface area contributed by atoms with Gasteiger partial charge in [-0.05, 0) is 29.3 Å². The highest BCUT2D eigenvalue weighted by Crippen LogP contribution is 2.26. The summed E-state index contributed by atoms with van der Waals surface area (Å²) in [6, 6.07) is 5.46. The summed E-state index contributed by atoms with van der Waals surface area (Å²) in [6.07, 6.45) is 4.11. The first kappa shape index (κ1) is 14.6. The van der Waals surface area contributed by atoms with Crippen LogP contribution in [0.4, 0.5) is 0 Å². The Morgan fingerprint density at radius 2 is 2.45 bits per heavy atom. The Balaban J connectivity index is 1.93. The molecule has 0 spiro atoms. The lowest BCUT2D eigenvalue weighted by atomic mass is 10.1. The van der Waals surface area contributed by atoms with Crippen molar-refractivity contribution in [2.24, 2.45) is 0 Å². The lowest BCUT2D eigenvalue weighted by Crippen LogP contribution is -2.39. The minimum Gasteiger partial charge on any atom is -0.493 e. The molecule has 0 bridgehead atoms. The van der Waals surface area contributed by atoms with Gasteiger partial charge in [0, 0.05) is 19.6 Å². The van der Waals surface area contributed by atoms with Crippen molar-refractivity contribution < 1.29 is 19.4 Å². The molecule has 20 heavy (non-hydrogen) atoms. The van der Waals surface area contributed by atoms with Crippen LogP contribution < -0.4 is 10.1 Å². The molecule has 0 saturated carbocycles. The Bertz CT molecular complexity index is 499. The Kier molecular flexibility index (Phi) is 5.15. The van der Waals surface area contributed by atoms with Gasteiger partial charge in [0.05, 0.1) is 25.9 Å². The lowest BCUT2D eigenvalue weighted by molar-refractivity contribution is -0.117. The minimum atomic E-state index is -0.384. The molecule has 1 aromatic rings. The van der Waals surface area contributed by atoms with E-state index < -0.39 is 0 Å². The van der Waals surface area contributed by atoms with E-state index in [0.717, 1.165) is 24.3 Å². The smallest absolute Gasteiger partial charge is 0.244 e. The van der Waals surface area contributed by atoms with Gasteiger partial charge in [0.2, 0.25) is 5.91 Å². The zero-order chi connectivity index (χ0) is 14.4. The fourth-order valence-corrected chi connectivity index (χ4v) is 2.07. The van der Waals surface area contributed by atoms with Crippen molar-refractivity contribution >= 4 is 12.0 Å². The molecule has 5 nitrogen and oxygen atoms in total. The van der Waals surface area contributed by atoms with Gasteiger partial charge in [-0.15, -0.1) is 0 Å². The number of nitrogens with one attached hydrogen (secondary N) is 1. The van der Waals surface area contributed by atoms with Gasteiger partial charge in [-0.25, -0.2) is 0 Å². The summed E-state index contributed by atoms with van der Waals surface area (Å²) >= 11 is 0. The van der Waals surface area contributed by atoms with E-state index in [-0.39, 0.29) is 25.2 Å². The van der Waals surface area contributed by atoms with Crippen LogP contribution in [0.3, 0.4) is 0 Å². The van der Waals surface area contributed by atoms with Crippen LogP contribution in [-0.2, 0) is 16.0 Å². The third kappa shape index (κ3) is 3.82. The molecule has 0 aromatic heterocycles. The first-order chi connectivity index (χ1) is 9.72. The second-order valence-corrected chi connectivity index (χ2v) is 4.64. The second-order valence-electron chi connectivity index (χ2n) is 4.64. The van der Waals surface area contributed by atoms with Crippen molar-refractivity contribution in [2.75, 3.05) is 26.9 Å². The van der Waals surface area contributed by atoms with Gasteiger partial charge in [-0.1, -0.05) is 6.07 Å². The molecule has 1 aliphatic heterocycles. The summed E-state index contributed by atoms with van der Waals surface area (Å²) in [5.41, 5.74) is 2.12. The molecule has 0 aliphatic carbocycles. The summed E-state index contributed by atoms with van der Waals surface area (Å²) in [7, 11) is 1.53. The molecule has 108 valence electrons. The number of aliphatic hydroxyl groups excluding tert-OH is 1. The van der Waals surface area contributed by atoms with E-state index in [9.17, 15) is 4.79 Å². The Labute approximate surface area is 118 Å². The minimum absolute atomic E-state index is 0.149. The van der Waals surface area contributed by atoms with Crippen LogP contribution in [0.25, 0.3) is 6.08 Å². The number of amides is 1. The summed E-state index contributed by atoms with van der Waals surface area (Å²) in [6.45, 7) is 0.855. The fourth-order valence-electron chi connectivity index (χ4n) is 2.07. The van der Waals surface area contributed by atoms with Gasteiger partial charge in [-0.3, -0.25) is 4.79 Å². The molecule has 1 unspecified atom stereocenters. The largest absolute Gasteiger partial charge is 0.493 e. The number of aliphatic hydroxyl groups is 1. The Morgan fingerprint density at radius 1 is 1.60 bits per heavy atom. The molecule has 2 N–H and O–H groups in total. The Hall–Kier alpha value is -1.85. The molecule has 1 aromatic carbocycles. The normalized spacial score (nSPS) is 14.9. The molecule has 1 aliphatic rings. The SMILES string of the molecule is COCC(CO)NC(=O)/C=C/c1ccc2c(c1)CCO2. The average Bonchev–Trinajstić information content (AvgIpc) is 2.92. The summed E-state index contributed by atoms with van der Waals surface area (Å²) in [4.78, 5) is 11.7. The highest BCUT2D eigenvalue weighted by atomic mass is 16.5. The first-order valence-electron chi connectivity index (χ1n) is 6.57. The van der Waals surface area contributed by atoms with E-state index in [1.54, 1.807) is 6.08 Å². The van der Waals surface area contributed by atoms with E-state index in [1.807, 2.05) is 18.2 Å². The van der Waals surface area contributed by atoms with E-state index in [2.05, 4.69) is 5.32 Å². The molecule has 1 amide bonds. The molecular weight excluding hydrogens is 258 g/mol. The van der Waals surface area contributed by atoms with Crippen LogP contribution in [0.2, 0.25) is 0 Å². The van der Waals surface area contributed by atoms with Gasteiger partial charge in [0.15, 0.2) is 0 Å². The van der Waals surface area contributed by atoms with Crippen molar-refractivity contribution in [3.8, 4) is 5.75 Å². The van der Waals surface area contributed by atoms with Gasteiger partial charge >= 0.3 is 0 Å². The topological polar surface area (TPSA) is 67.8 Å². The predicted octanol–water partition coefficient (Wildman–Crippen LogP) is 0.758. The van der Waals surface area contributed by atoms with Crippen LogP contribution in [0, 0.1) is 0 Å². The van der Waals surface area contributed by atoms with Crippen molar-refractivity contribution in [3.63, 3.8) is 0 Å². The molecule has 0 saturated heterocycles. The van der Waals surface area contributed by atoms with Crippen LogP contribution in [0.15, 0.2) is 24.3 Å². The van der Waals surface area contributed by atoms with Crippen molar-refractivity contribution in [1.82, 2.24) is 5.32 Å². The van der Waals surface area contributed by atoms with Crippen molar-refractivity contribution in [1.29, 1.82) is 0 Å².